The molecule has 14 heavy (non-hydrogen) atoms. The number of pyridine rings is 1. The fourth-order valence-electron chi connectivity index (χ4n) is 0.740. The van der Waals surface area contributed by atoms with Crippen LogP contribution in [0.4, 0.5) is 13.2 Å². The van der Waals surface area contributed by atoms with E-state index in [9.17, 15) is 13.2 Å². The third-order valence-corrected chi connectivity index (χ3v) is 3.16. The number of halogens is 5. The molecule has 0 saturated carbocycles. The van der Waals surface area contributed by atoms with Crippen molar-refractivity contribution in [1.82, 2.24) is 4.98 Å². The second-order valence-corrected chi connectivity index (χ2v) is 3.94. The molecule has 0 amide bonds. The summed E-state index contributed by atoms with van der Waals surface area (Å²) in [6.07, 6.45) is -3.71. The van der Waals surface area contributed by atoms with Crippen molar-refractivity contribution in [3.63, 3.8) is 0 Å². The van der Waals surface area contributed by atoms with Crippen molar-refractivity contribution < 1.29 is 17.9 Å². The van der Waals surface area contributed by atoms with Crippen LogP contribution in [0, 0.1) is 6.92 Å². The summed E-state index contributed by atoms with van der Waals surface area (Å²) >= 11 is 6.07. The molecule has 0 unspecified atom stereocenters. The first-order chi connectivity index (χ1) is 6.31. The van der Waals surface area contributed by atoms with Gasteiger partial charge in [-0.1, -0.05) is 0 Å². The van der Waals surface area contributed by atoms with Gasteiger partial charge in [-0.25, -0.2) is 4.98 Å². The maximum Gasteiger partial charge on any atom is 0.573 e. The van der Waals surface area contributed by atoms with E-state index in [0.717, 1.165) is 6.20 Å². The van der Waals surface area contributed by atoms with E-state index in [4.69, 9.17) is 0 Å². The van der Waals surface area contributed by atoms with E-state index in [1.54, 1.807) is 6.92 Å². The number of nitrogens with zero attached hydrogens (tertiary/aromatic N) is 1. The largest absolute Gasteiger partial charge is 0.573 e. The van der Waals surface area contributed by atoms with E-state index in [-0.39, 0.29) is 10.2 Å². The first kappa shape index (κ1) is 11.8. The van der Waals surface area contributed by atoms with Crippen molar-refractivity contribution >= 4 is 31.9 Å². The van der Waals surface area contributed by atoms with Gasteiger partial charge in [0.2, 0.25) is 0 Å². The summed E-state index contributed by atoms with van der Waals surface area (Å²) in [6, 6.07) is 0. The molecule has 1 aromatic rings. The third-order valence-electron chi connectivity index (χ3n) is 1.38. The van der Waals surface area contributed by atoms with Crippen LogP contribution in [0.1, 0.15) is 5.56 Å². The van der Waals surface area contributed by atoms with Gasteiger partial charge in [0, 0.05) is 0 Å². The molecule has 0 radical (unpaired) electrons. The molecule has 0 spiro atoms. The average molecular weight is 335 g/mol. The molecular formula is C7H4Br2F3NO. The van der Waals surface area contributed by atoms with Crippen LogP contribution < -0.4 is 4.74 Å². The molecule has 1 heterocycles. The molecule has 7 heteroatoms. The van der Waals surface area contributed by atoms with E-state index in [2.05, 4.69) is 41.6 Å². The lowest BCUT2D eigenvalue weighted by atomic mass is 10.3. The number of aromatic nitrogens is 1. The van der Waals surface area contributed by atoms with Crippen LogP contribution in [-0.2, 0) is 0 Å². The first-order valence-corrected chi connectivity index (χ1v) is 4.96. The van der Waals surface area contributed by atoms with E-state index >= 15 is 0 Å². The van der Waals surface area contributed by atoms with Gasteiger partial charge in [-0.2, -0.15) is 0 Å². The highest BCUT2D eigenvalue weighted by atomic mass is 79.9. The second-order valence-electron chi connectivity index (χ2n) is 2.40. The maximum absolute atomic E-state index is 11.9. The van der Waals surface area contributed by atoms with Gasteiger partial charge < -0.3 is 4.74 Å². The Hall–Kier alpha value is -0.300. The molecule has 1 aromatic heterocycles. The van der Waals surface area contributed by atoms with E-state index in [0.29, 0.717) is 10.2 Å². The third kappa shape index (κ3) is 2.84. The smallest absolute Gasteiger partial charge is 0.403 e. The minimum absolute atomic E-state index is 0.233. The zero-order valence-electron chi connectivity index (χ0n) is 6.82. The Balaban J connectivity index is 3.06. The summed E-state index contributed by atoms with van der Waals surface area (Å²) < 4.78 is 40.1. The lowest BCUT2D eigenvalue weighted by Crippen LogP contribution is -2.17. The molecule has 78 valence electrons. The Labute approximate surface area is 94.7 Å². The minimum Gasteiger partial charge on any atom is -0.403 e. The zero-order valence-corrected chi connectivity index (χ0v) is 9.99. The van der Waals surface area contributed by atoms with Crippen LogP contribution in [-0.4, -0.2) is 11.3 Å². The number of rotatable bonds is 1. The van der Waals surface area contributed by atoms with Gasteiger partial charge in [-0.05, 0) is 44.3 Å². The number of ether oxygens (including phenoxy) is 1. The summed E-state index contributed by atoms with van der Waals surface area (Å²) in [7, 11) is 0. The maximum atomic E-state index is 11.9. The van der Waals surface area contributed by atoms with Gasteiger partial charge in [0.25, 0.3) is 0 Å². The highest BCUT2D eigenvalue weighted by Gasteiger charge is 2.32. The number of hydrogen-bond donors (Lipinski definition) is 0. The van der Waals surface area contributed by atoms with Crippen LogP contribution >= 0.6 is 31.9 Å². The van der Waals surface area contributed by atoms with Gasteiger partial charge in [0.15, 0.2) is 5.75 Å². The summed E-state index contributed by atoms with van der Waals surface area (Å²) in [5.41, 5.74) is 0.548. The zero-order chi connectivity index (χ0) is 10.9. The summed E-state index contributed by atoms with van der Waals surface area (Å²) in [5, 5.41) is 0. The van der Waals surface area contributed by atoms with Crippen molar-refractivity contribution in [2.75, 3.05) is 0 Å². The molecule has 0 bridgehead atoms. The molecule has 0 saturated heterocycles. The predicted octanol–water partition coefficient (Wildman–Crippen LogP) is 3.81. The Morgan fingerprint density at radius 1 is 1.36 bits per heavy atom. The molecule has 0 atom stereocenters. The fraction of sp³-hybridized carbons (Fsp3) is 0.286. The van der Waals surface area contributed by atoms with Crippen molar-refractivity contribution in [1.29, 1.82) is 0 Å². The molecule has 0 fully saturated rings. The second kappa shape index (κ2) is 4.06. The highest BCUT2D eigenvalue weighted by molar-refractivity contribution is 9.11. The quantitative estimate of drug-likeness (QED) is 0.728. The monoisotopic (exact) mass is 333 g/mol. The summed E-state index contributed by atoms with van der Waals surface area (Å²) in [5.74, 6) is -0.349. The lowest BCUT2D eigenvalue weighted by molar-refractivity contribution is -0.275. The average Bonchev–Trinajstić information content (AvgIpc) is 2.04. The molecule has 0 aliphatic carbocycles. The lowest BCUT2D eigenvalue weighted by Gasteiger charge is -2.11. The van der Waals surface area contributed by atoms with Crippen molar-refractivity contribution in [3.8, 4) is 5.75 Å². The molecule has 0 aliphatic heterocycles. The Kier molecular flexibility index (Phi) is 3.41. The fourth-order valence-corrected chi connectivity index (χ4v) is 1.68. The highest BCUT2D eigenvalue weighted by Crippen LogP contribution is 2.34. The van der Waals surface area contributed by atoms with Crippen LogP contribution in [0.5, 0.6) is 5.75 Å². The van der Waals surface area contributed by atoms with Crippen molar-refractivity contribution in [2.45, 2.75) is 13.3 Å². The van der Waals surface area contributed by atoms with E-state index < -0.39 is 6.36 Å². The molecular weight excluding hydrogens is 331 g/mol. The molecule has 0 N–H and O–H groups in total. The van der Waals surface area contributed by atoms with Gasteiger partial charge >= 0.3 is 6.36 Å². The SMILES string of the molecule is Cc1c(Br)ncc(OC(F)(F)F)c1Br. The van der Waals surface area contributed by atoms with Crippen LogP contribution in [0.2, 0.25) is 0 Å². The molecule has 1 rings (SSSR count). The van der Waals surface area contributed by atoms with Crippen LogP contribution in [0.15, 0.2) is 15.3 Å². The van der Waals surface area contributed by atoms with E-state index in [1.807, 2.05) is 0 Å². The molecule has 0 aromatic carbocycles. The van der Waals surface area contributed by atoms with Gasteiger partial charge in [-0.3, -0.25) is 0 Å². The van der Waals surface area contributed by atoms with Crippen LogP contribution in [0.25, 0.3) is 0 Å². The Bertz CT molecular complexity index is 354. The Morgan fingerprint density at radius 2 is 1.93 bits per heavy atom. The predicted molar refractivity (Wildman–Crippen MR) is 51.1 cm³/mol. The number of hydrogen-bond acceptors (Lipinski definition) is 2. The van der Waals surface area contributed by atoms with E-state index in [1.165, 1.54) is 0 Å². The van der Waals surface area contributed by atoms with Gasteiger partial charge in [0.05, 0.1) is 10.7 Å². The van der Waals surface area contributed by atoms with Gasteiger partial charge in [0.1, 0.15) is 4.60 Å². The summed E-state index contributed by atoms with van der Waals surface area (Å²) in [6.45, 7) is 1.62. The standard InChI is InChI=1S/C7H4Br2F3NO/c1-3-5(8)4(2-13-6(3)9)14-7(10,11)12/h2H,1H3. The van der Waals surface area contributed by atoms with Crippen molar-refractivity contribution in [3.05, 3.63) is 20.8 Å². The topological polar surface area (TPSA) is 22.1 Å². The summed E-state index contributed by atoms with van der Waals surface area (Å²) in [4.78, 5) is 3.69. The Morgan fingerprint density at radius 3 is 2.43 bits per heavy atom. The first-order valence-electron chi connectivity index (χ1n) is 3.37. The van der Waals surface area contributed by atoms with Crippen molar-refractivity contribution in [2.24, 2.45) is 0 Å². The van der Waals surface area contributed by atoms with Crippen LogP contribution in [0.3, 0.4) is 0 Å². The minimum atomic E-state index is -4.70. The normalized spacial score (nSPS) is 11.6. The molecule has 2 nitrogen and oxygen atoms in total. The molecule has 0 aliphatic rings. The van der Waals surface area contributed by atoms with Gasteiger partial charge in [-0.15, -0.1) is 13.2 Å². The number of alkyl halides is 3.